The zero-order valence-corrected chi connectivity index (χ0v) is 13.8. The van der Waals surface area contributed by atoms with Crippen molar-refractivity contribution >= 4 is 15.7 Å². The van der Waals surface area contributed by atoms with E-state index in [1.54, 1.807) is 31.2 Å². The molecule has 3 rings (SSSR count). The first kappa shape index (κ1) is 15.8. The summed E-state index contributed by atoms with van der Waals surface area (Å²) in [5.41, 5.74) is 3.28. The Labute approximate surface area is 140 Å². The molecule has 3 aromatic rings. The van der Waals surface area contributed by atoms with E-state index in [1.165, 1.54) is 6.20 Å². The maximum Gasteiger partial charge on any atom is 0.263 e. The lowest BCUT2D eigenvalue weighted by Crippen LogP contribution is -2.13. The first-order valence-corrected chi connectivity index (χ1v) is 8.75. The fraction of sp³-hybridized carbons (Fsp3) is 0.0556. The summed E-state index contributed by atoms with van der Waals surface area (Å²) in [5.74, 6) is 0. The van der Waals surface area contributed by atoms with Crippen molar-refractivity contribution < 1.29 is 8.42 Å². The van der Waals surface area contributed by atoms with Gasteiger partial charge in [0.1, 0.15) is 4.90 Å². The number of hydrogen-bond donors (Lipinski definition) is 2. The molecule has 0 radical (unpaired) electrons. The Morgan fingerprint density at radius 1 is 1.08 bits per heavy atom. The van der Waals surface area contributed by atoms with Gasteiger partial charge < -0.3 is 4.98 Å². The Morgan fingerprint density at radius 3 is 2.50 bits per heavy atom. The molecule has 0 bridgehead atoms. The number of nitrogens with one attached hydrogen (secondary N) is 2. The van der Waals surface area contributed by atoms with Crippen LogP contribution in [0.5, 0.6) is 0 Å². The van der Waals surface area contributed by atoms with Crippen LogP contribution in [-0.4, -0.2) is 13.4 Å². The highest BCUT2D eigenvalue weighted by Gasteiger charge is 2.17. The summed E-state index contributed by atoms with van der Waals surface area (Å²) in [6.45, 7) is 1.76. The Kier molecular flexibility index (Phi) is 4.11. The van der Waals surface area contributed by atoms with Gasteiger partial charge in [-0.25, -0.2) is 8.42 Å². The highest BCUT2D eigenvalue weighted by atomic mass is 32.2. The summed E-state index contributed by atoms with van der Waals surface area (Å²) in [6.07, 6.45) is 1.46. The predicted octanol–water partition coefficient (Wildman–Crippen LogP) is 3.66. The number of hydrogen-bond acceptors (Lipinski definition) is 3. The third-order valence-electron chi connectivity index (χ3n) is 3.65. The summed E-state index contributed by atoms with van der Waals surface area (Å²) in [4.78, 5) is 3.14. The smallest absolute Gasteiger partial charge is 0.263 e. The van der Waals surface area contributed by atoms with Crippen molar-refractivity contribution in [2.45, 2.75) is 11.8 Å². The summed E-state index contributed by atoms with van der Waals surface area (Å²) < 4.78 is 27.7. The zero-order valence-electron chi connectivity index (χ0n) is 12.9. The molecule has 1 heterocycles. The molecule has 0 saturated carbocycles. The Morgan fingerprint density at radius 2 is 1.83 bits per heavy atom. The normalized spacial score (nSPS) is 11.0. The second kappa shape index (κ2) is 6.22. The maximum absolute atomic E-state index is 12.6. The minimum atomic E-state index is -3.71. The maximum atomic E-state index is 12.6. The molecular formula is C18H15N3O2S. The lowest BCUT2D eigenvalue weighted by molar-refractivity contribution is 0.601. The molecule has 0 saturated heterocycles. The van der Waals surface area contributed by atoms with E-state index in [2.05, 4.69) is 9.71 Å². The van der Waals surface area contributed by atoms with Gasteiger partial charge in [0.25, 0.3) is 10.0 Å². The molecule has 24 heavy (non-hydrogen) atoms. The summed E-state index contributed by atoms with van der Waals surface area (Å²) in [7, 11) is -3.71. The molecular weight excluding hydrogens is 322 g/mol. The van der Waals surface area contributed by atoms with Crippen LogP contribution in [-0.2, 0) is 10.0 Å². The van der Waals surface area contributed by atoms with Crippen LogP contribution in [0.3, 0.4) is 0 Å². The lowest BCUT2D eigenvalue weighted by Gasteiger charge is -2.09. The number of benzene rings is 2. The van der Waals surface area contributed by atoms with Gasteiger partial charge in [0.2, 0.25) is 0 Å². The van der Waals surface area contributed by atoms with Gasteiger partial charge in [-0.3, -0.25) is 4.72 Å². The van der Waals surface area contributed by atoms with E-state index in [4.69, 9.17) is 5.26 Å². The topological polar surface area (TPSA) is 85.8 Å². The second-order valence-electron chi connectivity index (χ2n) is 5.36. The van der Waals surface area contributed by atoms with Gasteiger partial charge in [0.15, 0.2) is 0 Å². The van der Waals surface area contributed by atoms with Gasteiger partial charge in [0, 0.05) is 11.9 Å². The van der Waals surface area contributed by atoms with Crippen LogP contribution in [0.25, 0.3) is 11.3 Å². The number of aromatic amines is 1. The second-order valence-corrected chi connectivity index (χ2v) is 7.04. The summed E-state index contributed by atoms with van der Waals surface area (Å²) >= 11 is 0. The molecule has 0 spiro atoms. The highest BCUT2D eigenvalue weighted by molar-refractivity contribution is 7.92. The fourth-order valence-corrected chi connectivity index (χ4v) is 3.49. The van der Waals surface area contributed by atoms with Crippen LogP contribution >= 0.6 is 0 Å². The Balaban J connectivity index is 1.89. The third-order valence-corrected chi connectivity index (χ3v) is 5.00. The van der Waals surface area contributed by atoms with Gasteiger partial charge in [0.05, 0.1) is 17.3 Å². The fourth-order valence-electron chi connectivity index (χ4n) is 2.37. The van der Waals surface area contributed by atoms with Crippen molar-refractivity contribution in [3.05, 3.63) is 71.9 Å². The van der Waals surface area contributed by atoms with Gasteiger partial charge in [-0.05, 0) is 42.3 Å². The van der Waals surface area contributed by atoms with E-state index < -0.39 is 10.0 Å². The third kappa shape index (κ3) is 3.16. The molecule has 1 aromatic heterocycles. The van der Waals surface area contributed by atoms with E-state index in [1.807, 2.05) is 36.4 Å². The average Bonchev–Trinajstić information content (AvgIpc) is 3.08. The predicted molar refractivity (Wildman–Crippen MR) is 92.9 cm³/mol. The van der Waals surface area contributed by atoms with E-state index >= 15 is 0 Å². The minimum Gasteiger partial charge on any atom is -0.360 e. The van der Waals surface area contributed by atoms with E-state index in [0.29, 0.717) is 16.8 Å². The Bertz CT molecular complexity index is 1020. The number of H-pyrrole nitrogens is 1. The van der Waals surface area contributed by atoms with Crippen molar-refractivity contribution in [2.24, 2.45) is 0 Å². The zero-order chi connectivity index (χ0) is 17.2. The van der Waals surface area contributed by atoms with Crippen LogP contribution in [0, 0.1) is 18.3 Å². The molecule has 0 fully saturated rings. The number of nitriles is 1. The Hall–Kier alpha value is -3.04. The van der Waals surface area contributed by atoms with Crippen molar-refractivity contribution in [1.29, 1.82) is 5.26 Å². The summed E-state index contributed by atoms with van der Waals surface area (Å²) in [5, 5.41) is 8.88. The van der Waals surface area contributed by atoms with Gasteiger partial charge in [-0.15, -0.1) is 0 Å². The summed E-state index contributed by atoms with van der Waals surface area (Å²) in [6, 6.07) is 17.9. The largest absolute Gasteiger partial charge is 0.360 e. The minimum absolute atomic E-state index is 0.158. The van der Waals surface area contributed by atoms with E-state index in [0.717, 1.165) is 11.3 Å². The van der Waals surface area contributed by atoms with Crippen LogP contribution in [0.4, 0.5) is 5.69 Å². The van der Waals surface area contributed by atoms with Crippen LogP contribution in [0.1, 0.15) is 11.1 Å². The molecule has 120 valence electrons. The molecule has 2 N–H and O–H groups in total. The molecule has 0 atom stereocenters. The number of anilines is 1. The van der Waals surface area contributed by atoms with Crippen molar-refractivity contribution in [3.8, 4) is 17.3 Å². The van der Waals surface area contributed by atoms with Crippen molar-refractivity contribution in [3.63, 3.8) is 0 Å². The molecule has 2 aromatic carbocycles. The van der Waals surface area contributed by atoms with Gasteiger partial charge in [-0.1, -0.05) is 30.3 Å². The van der Waals surface area contributed by atoms with Crippen molar-refractivity contribution in [1.82, 2.24) is 4.98 Å². The van der Waals surface area contributed by atoms with Gasteiger partial charge in [-0.2, -0.15) is 5.26 Å². The molecule has 0 amide bonds. The lowest BCUT2D eigenvalue weighted by atomic mass is 10.1. The first-order chi connectivity index (χ1) is 11.5. The highest BCUT2D eigenvalue weighted by Crippen LogP contribution is 2.24. The molecule has 5 nitrogen and oxygen atoms in total. The van der Waals surface area contributed by atoms with Crippen LogP contribution < -0.4 is 4.72 Å². The van der Waals surface area contributed by atoms with Crippen LogP contribution in [0.2, 0.25) is 0 Å². The number of rotatable bonds is 4. The molecule has 0 aliphatic rings. The average molecular weight is 337 g/mol. The van der Waals surface area contributed by atoms with Crippen molar-refractivity contribution in [2.75, 3.05) is 4.72 Å². The number of nitrogens with zero attached hydrogens (tertiary/aromatic N) is 1. The first-order valence-electron chi connectivity index (χ1n) is 7.27. The molecule has 0 unspecified atom stereocenters. The SMILES string of the molecule is Cc1cc(C#N)ccc1NS(=O)(=O)c1c[nH]c(-c2ccccc2)c1. The van der Waals surface area contributed by atoms with E-state index in [9.17, 15) is 8.42 Å². The van der Waals surface area contributed by atoms with Crippen LogP contribution in [0.15, 0.2) is 65.7 Å². The number of aryl methyl sites for hydroxylation is 1. The standard InChI is InChI=1S/C18H15N3O2S/c1-13-9-14(11-19)7-8-17(13)21-24(22,23)16-10-18(20-12-16)15-5-3-2-4-6-15/h2-10,12,20-21H,1H3. The van der Waals surface area contributed by atoms with Gasteiger partial charge >= 0.3 is 0 Å². The molecule has 0 aliphatic heterocycles. The van der Waals surface area contributed by atoms with E-state index in [-0.39, 0.29) is 4.90 Å². The molecule has 0 aliphatic carbocycles. The molecule has 6 heteroatoms. The number of sulfonamides is 1. The monoisotopic (exact) mass is 337 g/mol. The quantitative estimate of drug-likeness (QED) is 0.762. The number of aromatic nitrogens is 1.